The number of carbonyl (C=O) groups excluding carboxylic acids is 2. The SMILES string of the molecule is Cc1cccc(C)c1NC(=O)CN(C)C(=O)CSc1nc(N)c2c3c(sc2n1)CC(C)CC3. The van der Waals surface area contributed by atoms with Crippen LogP contribution in [-0.4, -0.2) is 46.0 Å². The monoisotopic (exact) mass is 483 g/mol. The number of thiophene rings is 1. The number of para-hydroxylation sites is 1. The van der Waals surface area contributed by atoms with Crippen LogP contribution >= 0.6 is 23.1 Å². The molecule has 7 nitrogen and oxygen atoms in total. The van der Waals surface area contributed by atoms with Crippen molar-refractivity contribution in [1.29, 1.82) is 0 Å². The Morgan fingerprint density at radius 3 is 2.73 bits per heavy atom. The molecular formula is C24H29N5O2S2. The number of hydrogen-bond acceptors (Lipinski definition) is 7. The van der Waals surface area contributed by atoms with E-state index in [0.29, 0.717) is 16.9 Å². The number of nitrogen functional groups attached to an aromatic ring is 1. The fourth-order valence-electron chi connectivity index (χ4n) is 4.15. The number of benzene rings is 1. The van der Waals surface area contributed by atoms with Crippen molar-refractivity contribution >= 4 is 56.6 Å². The molecule has 2 aromatic heterocycles. The Kier molecular flexibility index (Phi) is 6.90. The minimum Gasteiger partial charge on any atom is -0.383 e. The average molecular weight is 484 g/mol. The van der Waals surface area contributed by atoms with Gasteiger partial charge in [0.15, 0.2) is 5.16 Å². The smallest absolute Gasteiger partial charge is 0.243 e. The van der Waals surface area contributed by atoms with Gasteiger partial charge in [0.1, 0.15) is 10.6 Å². The summed E-state index contributed by atoms with van der Waals surface area (Å²) in [6.45, 7) is 6.14. The lowest BCUT2D eigenvalue weighted by Gasteiger charge is -2.18. The molecule has 2 heterocycles. The van der Waals surface area contributed by atoms with Crippen molar-refractivity contribution < 1.29 is 9.59 Å². The normalized spacial score (nSPS) is 15.3. The zero-order chi connectivity index (χ0) is 23.7. The van der Waals surface area contributed by atoms with E-state index in [2.05, 4.69) is 22.2 Å². The Hall–Kier alpha value is -2.65. The topological polar surface area (TPSA) is 101 Å². The van der Waals surface area contributed by atoms with E-state index in [4.69, 9.17) is 5.73 Å². The number of aryl methyl sites for hydroxylation is 3. The van der Waals surface area contributed by atoms with Gasteiger partial charge in [-0.15, -0.1) is 11.3 Å². The van der Waals surface area contributed by atoms with Crippen LogP contribution in [0.15, 0.2) is 23.4 Å². The number of carbonyl (C=O) groups is 2. The van der Waals surface area contributed by atoms with Crippen molar-refractivity contribution in [2.45, 2.75) is 45.2 Å². The second-order valence-electron chi connectivity index (χ2n) is 8.78. The summed E-state index contributed by atoms with van der Waals surface area (Å²) in [6, 6.07) is 5.84. The molecule has 1 aliphatic rings. The minimum absolute atomic E-state index is 0.0228. The van der Waals surface area contributed by atoms with E-state index in [1.54, 1.807) is 18.4 Å². The van der Waals surface area contributed by atoms with Gasteiger partial charge in [-0.3, -0.25) is 9.59 Å². The van der Waals surface area contributed by atoms with Crippen molar-refractivity contribution in [2.24, 2.45) is 5.92 Å². The maximum atomic E-state index is 12.6. The molecule has 1 unspecified atom stereocenters. The van der Waals surface area contributed by atoms with Gasteiger partial charge in [-0.2, -0.15) is 0 Å². The molecule has 0 saturated carbocycles. The van der Waals surface area contributed by atoms with Gasteiger partial charge in [0.25, 0.3) is 0 Å². The summed E-state index contributed by atoms with van der Waals surface area (Å²) in [5.41, 5.74) is 10.4. The molecule has 0 aliphatic heterocycles. The van der Waals surface area contributed by atoms with Crippen molar-refractivity contribution in [1.82, 2.24) is 14.9 Å². The molecule has 3 N–H and O–H groups in total. The molecule has 1 aliphatic carbocycles. The fourth-order valence-corrected chi connectivity index (χ4v) is 6.39. The summed E-state index contributed by atoms with van der Waals surface area (Å²) < 4.78 is 0. The number of nitrogens with two attached hydrogens (primary N) is 1. The number of likely N-dealkylation sites (N-methyl/N-ethyl adjacent to an activating group) is 1. The highest BCUT2D eigenvalue weighted by Gasteiger charge is 2.23. The lowest BCUT2D eigenvalue weighted by Crippen LogP contribution is -2.36. The zero-order valence-corrected chi connectivity index (χ0v) is 21.0. The Morgan fingerprint density at radius 1 is 1.27 bits per heavy atom. The number of aromatic nitrogens is 2. The first-order chi connectivity index (χ1) is 15.7. The number of amides is 2. The van der Waals surface area contributed by atoms with E-state index < -0.39 is 0 Å². The number of fused-ring (bicyclic) bond motifs is 3. The summed E-state index contributed by atoms with van der Waals surface area (Å²) >= 11 is 2.94. The van der Waals surface area contributed by atoms with Crippen LogP contribution < -0.4 is 11.1 Å². The molecule has 174 valence electrons. The van der Waals surface area contributed by atoms with Gasteiger partial charge in [0.05, 0.1) is 17.7 Å². The second-order valence-corrected chi connectivity index (χ2v) is 10.8. The van der Waals surface area contributed by atoms with Crippen LogP contribution in [0.1, 0.15) is 34.9 Å². The summed E-state index contributed by atoms with van der Waals surface area (Å²) in [5, 5.41) is 4.39. The lowest BCUT2D eigenvalue weighted by molar-refractivity contribution is -0.131. The number of anilines is 2. The molecular weight excluding hydrogens is 454 g/mol. The van der Waals surface area contributed by atoms with Crippen LogP contribution in [0.5, 0.6) is 0 Å². The highest BCUT2D eigenvalue weighted by Crippen LogP contribution is 2.39. The standard InChI is InChI=1S/C24H29N5O2S2/c1-13-8-9-16-17(10-13)33-23-20(16)22(25)27-24(28-23)32-12-19(31)29(4)11-18(30)26-21-14(2)6-5-7-15(21)3/h5-7,13H,8-12H2,1-4H3,(H,26,30)(H2,25,27,28). The van der Waals surface area contributed by atoms with Gasteiger partial charge < -0.3 is 16.0 Å². The van der Waals surface area contributed by atoms with Crippen molar-refractivity contribution in [2.75, 3.05) is 30.4 Å². The summed E-state index contributed by atoms with van der Waals surface area (Å²) in [5.74, 6) is 0.907. The molecule has 1 atom stereocenters. The Bertz CT molecular complexity index is 1200. The highest BCUT2D eigenvalue weighted by atomic mass is 32.2. The summed E-state index contributed by atoms with van der Waals surface area (Å²) in [6.07, 6.45) is 3.24. The third-order valence-electron chi connectivity index (χ3n) is 6.04. The maximum absolute atomic E-state index is 12.6. The quantitative estimate of drug-likeness (QED) is 0.402. The number of thioether (sulfide) groups is 1. The molecule has 0 fully saturated rings. The molecule has 3 aromatic rings. The summed E-state index contributed by atoms with van der Waals surface area (Å²) in [4.78, 5) is 37.9. The molecule has 4 rings (SSSR count). The predicted octanol–water partition coefficient (Wildman–Crippen LogP) is 4.20. The van der Waals surface area contributed by atoms with E-state index in [0.717, 1.165) is 46.3 Å². The predicted molar refractivity (Wildman–Crippen MR) is 136 cm³/mol. The molecule has 0 spiro atoms. The van der Waals surface area contributed by atoms with Crippen LogP contribution in [0.25, 0.3) is 10.2 Å². The van der Waals surface area contributed by atoms with Crippen molar-refractivity contribution in [3.8, 4) is 0 Å². The van der Waals surface area contributed by atoms with E-state index in [-0.39, 0.29) is 24.1 Å². The Labute approximate surface area is 202 Å². The van der Waals surface area contributed by atoms with Gasteiger partial charge in [-0.25, -0.2) is 9.97 Å². The van der Waals surface area contributed by atoms with Crippen LogP contribution in [0, 0.1) is 19.8 Å². The summed E-state index contributed by atoms with van der Waals surface area (Å²) in [7, 11) is 1.63. The molecule has 1 aromatic carbocycles. The lowest BCUT2D eigenvalue weighted by atomic mass is 9.89. The van der Waals surface area contributed by atoms with Gasteiger partial charge in [-0.05, 0) is 55.7 Å². The number of nitrogens with zero attached hydrogens (tertiary/aromatic N) is 3. The van der Waals surface area contributed by atoms with E-state index in [1.165, 1.54) is 27.1 Å². The third-order valence-corrected chi connectivity index (χ3v) is 8.02. The number of hydrogen-bond donors (Lipinski definition) is 2. The first-order valence-electron chi connectivity index (χ1n) is 11.0. The van der Waals surface area contributed by atoms with Gasteiger partial charge in [0, 0.05) is 17.6 Å². The maximum Gasteiger partial charge on any atom is 0.243 e. The second kappa shape index (κ2) is 9.69. The molecule has 0 bridgehead atoms. The zero-order valence-electron chi connectivity index (χ0n) is 19.4. The van der Waals surface area contributed by atoms with E-state index in [1.807, 2.05) is 32.0 Å². The van der Waals surface area contributed by atoms with Crippen LogP contribution in [0.2, 0.25) is 0 Å². The van der Waals surface area contributed by atoms with Gasteiger partial charge in [0.2, 0.25) is 11.8 Å². The fraction of sp³-hybridized carbons (Fsp3) is 0.417. The molecule has 0 saturated heterocycles. The third kappa shape index (κ3) is 5.14. The Morgan fingerprint density at radius 2 is 2.00 bits per heavy atom. The van der Waals surface area contributed by atoms with Crippen molar-refractivity contribution in [3.05, 3.63) is 39.8 Å². The van der Waals surface area contributed by atoms with Crippen LogP contribution in [0.3, 0.4) is 0 Å². The van der Waals surface area contributed by atoms with Crippen LogP contribution in [0.4, 0.5) is 11.5 Å². The number of rotatable bonds is 6. The highest BCUT2D eigenvalue weighted by molar-refractivity contribution is 7.99. The molecule has 33 heavy (non-hydrogen) atoms. The molecule has 9 heteroatoms. The minimum atomic E-state index is -0.228. The average Bonchev–Trinajstić information content (AvgIpc) is 3.12. The molecule has 2 amide bonds. The van der Waals surface area contributed by atoms with E-state index in [9.17, 15) is 9.59 Å². The molecule has 0 radical (unpaired) electrons. The first kappa shape index (κ1) is 23.5. The number of nitrogens with one attached hydrogen (secondary N) is 1. The Balaban J connectivity index is 1.37. The van der Waals surface area contributed by atoms with Crippen molar-refractivity contribution in [3.63, 3.8) is 0 Å². The van der Waals surface area contributed by atoms with Gasteiger partial charge >= 0.3 is 0 Å². The largest absolute Gasteiger partial charge is 0.383 e. The van der Waals surface area contributed by atoms with E-state index >= 15 is 0 Å². The first-order valence-corrected chi connectivity index (χ1v) is 12.8. The van der Waals surface area contributed by atoms with Crippen LogP contribution in [-0.2, 0) is 22.4 Å². The van der Waals surface area contributed by atoms with Gasteiger partial charge in [-0.1, -0.05) is 36.9 Å².